The zero-order valence-corrected chi connectivity index (χ0v) is 23.1. The number of nitrogens with zero attached hydrogens (tertiary/aromatic N) is 1. The second-order valence-electron chi connectivity index (χ2n) is 6.90. The predicted molar refractivity (Wildman–Crippen MR) is 148 cm³/mol. The van der Waals surface area contributed by atoms with Crippen LogP contribution in [0, 0.1) is 18.5 Å². The molecule has 1 amide bonds. The molecule has 0 unspecified atom stereocenters. The molecular formula is C25H19BrI2N2O2. The van der Waals surface area contributed by atoms with E-state index < -0.39 is 5.91 Å². The molecule has 0 aliphatic carbocycles. The van der Waals surface area contributed by atoms with Crippen molar-refractivity contribution in [3.8, 4) is 11.8 Å². The smallest absolute Gasteiger partial charge is 0.266 e. The van der Waals surface area contributed by atoms with Gasteiger partial charge in [0.15, 0.2) is 0 Å². The van der Waals surface area contributed by atoms with Crippen molar-refractivity contribution in [3.05, 3.63) is 94.5 Å². The first-order valence-corrected chi connectivity index (χ1v) is 12.7. The highest BCUT2D eigenvalue weighted by molar-refractivity contribution is 14.1. The molecule has 3 aromatic rings. The van der Waals surface area contributed by atoms with Crippen LogP contribution in [0.1, 0.15) is 23.6 Å². The molecule has 0 atom stereocenters. The predicted octanol–water partition coefficient (Wildman–Crippen LogP) is 7.35. The third-order valence-corrected chi connectivity index (χ3v) is 6.72. The van der Waals surface area contributed by atoms with Crippen LogP contribution in [0.2, 0.25) is 0 Å². The van der Waals surface area contributed by atoms with Crippen LogP contribution in [-0.4, -0.2) is 5.91 Å². The fraction of sp³-hybridized carbons (Fsp3) is 0.120. The first-order valence-electron chi connectivity index (χ1n) is 9.78. The van der Waals surface area contributed by atoms with E-state index in [2.05, 4.69) is 73.4 Å². The second kappa shape index (κ2) is 11.8. The first kappa shape index (κ1) is 24.7. The van der Waals surface area contributed by atoms with E-state index in [0.717, 1.165) is 31.3 Å². The van der Waals surface area contributed by atoms with E-state index in [1.807, 2.05) is 66.7 Å². The van der Waals surface area contributed by atoms with Crippen molar-refractivity contribution < 1.29 is 9.53 Å². The van der Waals surface area contributed by atoms with Gasteiger partial charge in [-0.3, -0.25) is 4.79 Å². The highest BCUT2D eigenvalue weighted by Crippen LogP contribution is 2.33. The van der Waals surface area contributed by atoms with Crippen LogP contribution in [-0.2, 0) is 17.8 Å². The molecule has 0 spiro atoms. The summed E-state index contributed by atoms with van der Waals surface area (Å²) in [7, 11) is 0. The van der Waals surface area contributed by atoms with Gasteiger partial charge in [-0.1, -0.05) is 31.2 Å². The van der Waals surface area contributed by atoms with Crippen LogP contribution in [0.3, 0.4) is 0 Å². The van der Waals surface area contributed by atoms with Gasteiger partial charge in [0.25, 0.3) is 5.91 Å². The molecule has 0 aromatic heterocycles. The number of rotatable bonds is 7. The Bertz CT molecular complexity index is 1160. The topological polar surface area (TPSA) is 62.1 Å². The van der Waals surface area contributed by atoms with Crippen molar-refractivity contribution >= 4 is 78.8 Å². The van der Waals surface area contributed by atoms with Gasteiger partial charge in [-0.05, 0) is 127 Å². The molecule has 0 fully saturated rings. The summed E-state index contributed by atoms with van der Waals surface area (Å²) in [6.45, 7) is 2.52. The number of amides is 1. The molecule has 1 N–H and O–H groups in total. The summed E-state index contributed by atoms with van der Waals surface area (Å²) in [4.78, 5) is 12.6. The standard InChI is InChI=1S/C25H19BrI2N2O2/c1-2-16-5-9-21(10-6-16)30-25(31)19(14-29)11-18-12-22(26)24(23(28)13-18)32-15-17-3-7-20(27)8-4-17/h3-13H,2,15H2,1H3,(H,30,31)/b19-11+. The summed E-state index contributed by atoms with van der Waals surface area (Å²) in [5, 5.41) is 12.3. The van der Waals surface area contributed by atoms with Gasteiger partial charge < -0.3 is 10.1 Å². The van der Waals surface area contributed by atoms with Gasteiger partial charge in [0.1, 0.15) is 24.0 Å². The highest BCUT2D eigenvalue weighted by atomic mass is 127. The quantitative estimate of drug-likeness (QED) is 0.159. The van der Waals surface area contributed by atoms with E-state index >= 15 is 0 Å². The zero-order valence-electron chi connectivity index (χ0n) is 17.2. The van der Waals surface area contributed by atoms with Crippen LogP contribution < -0.4 is 10.1 Å². The van der Waals surface area contributed by atoms with Crippen LogP contribution in [0.5, 0.6) is 5.75 Å². The molecule has 0 aliphatic rings. The van der Waals surface area contributed by atoms with Gasteiger partial charge in [0, 0.05) is 9.26 Å². The Morgan fingerprint density at radius 2 is 1.75 bits per heavy atom. The third kappa shape index (κ3) is 6.80. The summed E-state index contributed by atoms with van der Waals surface area (Å²) in [5.41, 5.74) is 3.68. The minimum absolute atomic E-state index is 0.0276. The summed E-state index contributed by atoms with van der Waals surface area (Å²) in [5.74, 6) is 0.280. The molecular weight excluding hydrogens is 694 g/mol. The zero-order chi connectivity index (χ0) is 23.1. The fourth-order valence-electron chi connectivity index (χ4n) is 2.87. The third-order valence-electron chi connectivity index (χ3n) is 4.61. The largest absolute Gasteiger partial charge is 0.487 e. The molecule has 0 saturated heterocycles. The number of carbonyl (C=O) groups is 1. The molecule has 0 radical (unpaired) electrons. The lowest BCUT2D eigenvalue weighted by molar-refractivity contribution is -0.112. The lowest BCUT2D eigenvalue weighted by atomic mass is 10.1. The summed E-state index contributed by atoms with van der Waals surface area (Å²) < 4.78 is 8.81. The Morgan fingerprint density at radius 1 is 1.09 bits per heavy atom. The van der Waals surface area contributed by atoms with Crippen molar-refractivity contribution in [2.24, 2.45) is 0 Å². The van der Waals surface area contributed by atoms with Crippen molar-refractivity contribution in [2.45, 2.75) is 20.0 Å². The number of halogens is 3. The maximum Gasteiger partial charge on any atom is 0.266 e. The van der Waals surface area contributed by atoms with Crippen molar-refractivity contribution in [2.75, 3.05) is 5.32 Å². The molecule has 0 saturated carbocycles. The molecule has 4 nitrogen and oxygen atoms in total. The van der Waals surface area contributed by atoms with Crippen LogP contribution in [0.15, 0.2) is 70.7 Å². The molecule has 7 heteroatoms. The average Bonchev–Trinajstić information content (AvgIpc) is 2.78. The van der Waals surface area contributed by atoms with E-state index in [1.54, 1.807) is 6.08 Å². The maximum atomic E-state index is 12.6. The van der Waals surface area contributed by atoms with Gasteiger partial charge in [-0.2, -0.15) is 5.26 Å². The number of hydrogen-bond donors (Lipinski definition) is 1. The number of hydrogen-bond acceptors (Lipinski definition) is 3. The Labute approximate surface area is 223 Å². The van der Waals surface area contributed by atoms with E-state index in [0.29, 0.717) is 12.3 Å². The number of benzene rings is 3. The van der Waals surface area contributed by atoms with E-state index in [9.17, 15) is 10.1 Å². The highest BCUT2D eigenvalue weighted by Gasteiger charge is 2.13. The second-order valence-corrected chi connectivity index (χ2v) is 10.2. The lowest BCUT2D eigenvalue weighted by Gasteiger charge is -2.12. The molecule has 0 aliphatic heterocycles. The number of ether oxygens (including phenoxy) is 1. The normalized spacial score (nSPS) is 11.0. The van der Waals surface area contributed by atoms with Crippen LogP contribution in [0.25, 0.3) is 6.08 Å². The maximum absolute atomic E-state index is 12.6. The summed E-state index contributed by atoms with van der Waals surface area (Å²) in [6, 6.07) is 21.5. The minimum atomic E-state index is -0.443. The monoisotopic (exact) mass is 712 g/mol. The number of nitrogens with one attached hydrogen (secondary N) is 1. The Hall–Kier alpha value is -1.90. The lowest BCUT2D eigenvalue weighted by Crippen LogP contribution is -2.13. The fourth-order valence-corrected chi connectivity index (χ4v) is 5.00. The van der Waals surface area contributed by atoms with Crippen LogP contribution in [0.4, 0.5) is 5.69 Å². The average molecular weight is 713 g/mol. The van der Waals surface area contributed by atoms with Crippen molar-refractivity contribution in [1.29, 1.82) is 5.26 Å². The first-order chi connectivity index (χ1) is 15.4. The number of anilines is 1. The van der Waals surface area contributed by atoms with Crippen molar-refractivity contribution in [3.63, 3.8) is 0 Å². The van der Waals surface area contributed by atoms with Gasteiger partial charge in [0.05, 0.1) is 8.04 Å². The summed E-state index contributed by atoms with van der Waals surface area (Å²) in [6.07, 6.45) is 2.50. The molecule has 32 heavy (non-hydrogen) atoms. The molecule has 162 valence electrons. The Kier molecular flexibility index (Phi) is 9.13. The number of carbonyl (C=O) groups excluding carboxylic acids is 1. The molecule has 3 aromatic carbocycles. The Morgan fingerprint density at radius 3 is 2.34 bits per heavy atom. The SMILES string of the molecule is CCc1ccc(NC(=O)/C(C#N)=C/c2cc(Br)c(OCc3ccc(I)cc3)c(I)c2)cc1. The minimum Gasteiger partial charge on any atom is -0.487 e. The van der Waals surface area contributed by atoms with E-state index in [4.69, 9.17) is 4.74 Å². The van der Waals surface area contributed by atoms with E-state index in [1.165, 1.54) is 9.13 Å². The van der Waals surface area contributed by atoms with Gasteiger partial charge in [-0.25, -0.2) is 0 Å². The van der Waals surface area contributed by atoms with Crippen LogP contribution >= 0.6 is 61.1 Å². The van der Waals surface area contributed by atoms with Gasteiger partial charge in [-0.15, -0.1) is 0 Å². The Balaban J connectivity index is 1.74. The number of aryl methyl sites for hydroxylation is 1. The molecule has 0 bridgehead atoms. The van der Waals surface area contributed by atoms with Gasteiger partial charge in [0.2, 0.25) is 0 Å². The summed E-state index contributed by atoms with van der Waals surface area (Å²) >= 11 is 8.02. The van der Waals surface area contributed by atoms with Crippen molar-refractivity contribution in [1.82, 2.24) is 0 Å². The molecule has 0 heterocycles. The number of nitriles is 1. The van der Waals surface area contributed by atoms with E-state index in [-0.39, 0.29) is 5.57 Å². The van der Waals surface area contributed by atoms with Gasteiger partial charge >= 0.3 is 0 Å². The molecule has 3 rings (SSSR count).